The second-order valence-electron chi connectivity index (χ2n) is 19.2. The average molecular weight is 1280 g/mol. The summed E-state index contributed by atoms with van der Waals surface area (Å²) in [6.45, 7) is -4.04. The van der Waals surface area contributed by atoms with E-state index in [1.165, 1.54) is 0 Å². The highest BCUT2D eigenvalue weighted by atomic mass is 32.3. The summed E-state index contributed by atoms with van der Waals surface area (Å²) in [4.78, 5) is 50.1. The maximum Gasteiger partial charge on any atom is 0.397 e. The number of rotatable bonds is 25. The minimum Gasteiger partial charge on any atom is -0.477 e. The van der Waals surface area contributed by atoms with Gasteiger partial charge in [0.2, 0.25) is 17.7 Å². The number of carboxylic acids is 1. The Morgan fingerprint density at radius 2 is 0.964 bits per heavy atom. The van der Waals surface area contributed by atoms with Crippen LogP contribution in [0.3, 0.4) is 0 Å². The van der Waals surface area contributed by atoms with E-state index in [-0.39, 0.29) is 0 Å². The number of carboxylic acid groups (broad SMARTS) is 1. The van der Waals surface area contributed by atoms with Gasteiger partial charge in [0.15, 0.2) is 25.2 Å². The molecule has 0 aromatic heterocycles. The van der Waals surface area contributed by atoms with Crippen LogP contribution < -0.4 is 16.0 Å². The molecule has 3 amide bonds. The van der Waals surface area contributed by atoms with Gasteiger partial charge in [0, 0.05) is 27.2 Å². The van der Waals surface area contributed by atoms with E-state index in [0.29, 0.717) is 0 Å². The third-order valence-electron chi connectivity index (χ3n) is 13.1. The predicted molar refractivity (Wildman–Crippen MR) is 250 cm³/mol. The standard InChI is InChI=1S/C39H65N3O38S3/c1-10(45)40-19-13(48)4-39(38(58)59,79-31(19)22(50)14(49)5-43)80-33-23(51)15(6-44)73-37(28(33)56)76-29-18(9-71-83(66,67)68)75-35(20(26(29)54)41-11(2)46)78-32-25(53)17(8-70-82(63,64)65)74-36(27(32)55)77-30-21(42-12(3)47)34(57)72-16(24(30)52)7-69-81(60,61)62/h13-37,43-44,48-57H,4-9H2,1-3H3,(H,40,45)(H,41,46)(H,42,47)(H,58,59)(H,60,61,62)(H,63,64,65)(H,66,67,68)/t13-,14+,15+,16+,17+,18+,19+,20+,21+,22+,23-,24+,25-,26+,27+,28+,29+,30+,31+,32-,33-,34?,35-,36-,37-,39-/m0/s1. The van der Waals surface area contributed by atoms with E-state index in [1.54, 1.807) is 0 Å². The van der Waals surface area contributed by atoms with Crippen molar-refractivity contribution < 1.29 is 180 Å². The molecule has 0 bridgehead atoms. The number of aliphatic carboxylic acids is 1. The molecule has 5 aliphatic rings. The number of amides is 3. The summed E-state index contributed by atoms with van der Waals surface area (Å²) in [5.41, 5.74) is 0. The number of carbonyl (C=O) groups excluding carboxylic acids is 3. The molecular weight excluding hydrogens is 1210 g/mol. The van der Waals surface area contributed by atoms with Gasteiger partial charge in [-0.3, -0.25) is 28.0 Å². The van der Waals surface area contributed by atoms with E-state index in [9.17, 15) is 120 Å². The van der Waals surface area contributed by atoms with Gasteiger partial charge in [-0.15, -0.1) is 0 Å². The predicted octanol–water partition coefficient (Wildman–Crippen LogP) is -12.8. The SMILES string of the molecule is CC(=O)N[C@H]1[C@H](O[C@H]2[C@@H](O)[C@@H](COS(=O)(=O)O)O[C@@H](O[C@H]3[C@H](O)[C@@H](COS(=O)(=O)O)OC(O)[C@@H]3NC(C)=O)[C@@H]2O)O[C@H](COS(=O)(=O)O)[C@@H](O[C@@H]2O[C@H](CO)[C@H](O)[C@H](O[C@]3(C(=O)O)C[C@H](O)[C@@H](NC(C)=O)[C@H]([C@H](O)[C@H](O)CO)O3)[C@H]2O)[C@@H]1O. The van der Waals surface area contributed by atoms with Gasteiger partial charge in [-0.2, -0.15) is 25.3 Å². The molecule has 0 aliphatic carbocycles. The Hall–Kier alpha value is -3.35. The van der Waals surface area contributed by atoms with E-state index in [4.69, 9.17) is 47.2 Å². The maximum absolute atomic E-state index is 13.1. The summed E-state index contributed by atoms with van der Waals surface area (Å²) in [7, 11) is -16.3. The number of aliphatic hydroxyl groups excluding tert-OH is 12. The lowest BCUT2D eigenvalue weighted by Crippen LogP contribution is -2.71. The van der Waals surface area contributed by atoms with Crippen molar-refractivity contribution in [3.63, 3.8) is 0 Å². The van der Waals surface area contributed by atoms with Crippen molar-refractivity contribution in [2.24, 2.45) is 0 Å². The minimum atomic E-state index is -5.55. The molecule has 5 fully saturated rings. The van der Waals surface area contributed by atoms with Crippen LogP contribution in [0.15, 0.2) is 0 Å². The Morgan fingerprint density at radius 1 is 0.542 bits per heavy atom. The summed E-state index contributed by atoms with van der Waals surface area (Å²) in [6.07, 6.45) is -52.4. The second-order valence-corrected chi connectivity index (χ2v) is 22.4. The van der Waals surface area contributed by atoms with Crippen molar-refractivity contribution >= 4 is 54.9 Å². The highest BCUT2D eigenvalue weighted by molar-refractivity contribution is 7.81. The number of hydrogen-bond acceptors (Lipinski definition) is 34. The van der Waals surface area contributed by atoms with Gasteiger partial charge in [-0.25, -0.2) is 17.3 Å². The zero-order valence-electron chi connectivity index (χ0n) is 43.0. The molecule has 0 spiro atoms. The Bertz CT molecular complexity index is 2560. The number of nitrogens with one attached hydrogen (secondary N) is 3. The van der Waals surface area contributed by atoms with Crippen LogP contribution in [0.4, 0.5) is 0 Å². The van der Waals surface area contributed by atoms with Crippen LogP contribution in [0.5, 0.6) is 0 Å². The molecular formula is C39H65N3O38S3. The van der Waals surface area contributed by atoms with Crippen LogP contribution in [0, 0.1) is 0 Å². The van der Waals surface area contributed by atoms with Crippen LogP contribution >= 0.6 is 0 Å². The molecule has 83 heavy (non-hydrogen) atoms. The molecule has 0 saturated carbocycles. The third-order valence-corrected chi connectivity index (χ3v) is 14.4. The van der Waals surface area contributed by atoms with Crippen LogP contribution in [-0.4, -0.2) is 321 Å². The van der Waals surface area contributed by atoms with Gasteiger partial charge in [0.1, 0.15) is 116 Å². The third kappa shape index (κ3) is 18.1. The van der Waals surface area contributed by atoms with Crippen molar-refractivity contribution in [1.82, 2.24) is 16.0 Å². The van der Waals surface area contributed by atoms with Crippen LogP contribution in [0.25, 0.3) is 0 Å². The summed E-state index contributed by atoms with van der Waals surface area (Å²) in [5.74, 6) is -8.46. The Labute approximate surface area is 468 Å². The fourth-order valence-electron chi connectivity index (χ4n) is 9.36. The van der Waals surface area contributed by atoms with Gasteiger partial charge in [-0.05, 0) is 0 Å². The Kier molecular flexibility index (Phi) is 24.3. The van der Waals surface area contributed by atoms with Crippen LogP contribution in [-0.2, 0) is 106 Å². The first-order valence-corrected chi connectivity index (χ1v) is 28.3. The fraction of sp³-hybridized carbons (Fsp3) is 0.897. The summed E-state index contributed by atoms with van der Waals surface area (Å²) in [5, 5.41) is 150. The van der Waals surface area contributed by atoms with Crippen molar-refractivity contribution in [1.29, 1.82) is 0 Å². The molecule has 1 unspecified atom stereocenters. The molecule has 19 N–H and O–H groups in total. The Balaban J connectivity index is 1.52. The average Bonchev–Trinajstić information content (AvgIpc) is 3.58. The van der Waals surface area contributed by atoms with Crippen LogP contribution in [0.2, 0.25) is 0 Å². The monoisotopic (exact) mass is 1280 g/mol. The molecule has 0 aromatic carbocycles. The second kappa shape index (κ2) is 28.7. The maximum atomic E-state index is 13.1. The normalized spacial score (nSPS) is 40.8. The van der Waals surface area contributed by atoms with Crippen molar-refractivity contribution in [3.8, 4) is 0 Å². The van der Waals surface area contributed by atoms with Gasteiger partial charge in [0.25, 0.3) is 5.79 Å². The minimum absolute atomic E-state index is 0.809. The number of aliphatic hydroxyl groups is 12. The van der Waals surface area contributed by atoms with E-state index >= 15 is 0 Å². The van der Waals surface area contributed by atoms with Gasteiger partial charge in [-0.1, -0.05) is 0 Å². The molecule has 5 aliphatic heterocycles. The molecule has 0 radical (unpaired) electrons. The molecule has 26 atom stereocenters. The number of hydrogen-bond donors (Lipinski definition) is 19. The topological polar surface area (TPSA) is 641 Å². The molecule has 5 heterocycles. The summed E-state index contributed by atoms with van der Waals surface area (Å²) >= 11 is 0. The van der Waals surface area contributed by atoms with Crippen molar-refractivity contribution in [2.45, 2.75) is 186 Å². The van der Waals surface area contributed by atoms with Gasteiger partial charge >= 0.3 is 37.2 Å². The van der Waals surface area contributed by atoms with Gasteiger partial charge in [0.05, 0.1) is 45.2 Å². The number of ether oxygens (including phenoxy) is 9. The zero-order valence-corrected chi connectivity index (χ0v) is 45.5. The highest BCUT2D eigenvalue weighted by Gasteiger charge is 2.61. The van der Waals surface area contributed by atoms with Crippen molar-refractivity contribution in [3.05, 3.63) is 0 Å². The van der Waals surface area contributed by atoms with E-state index in [0.717, 1.165) is 20.8 Å². The van der Waals surface area contributed by atoms with E-state index < -0.39 is 253 Å². The Morgan fingerprint density at radius 3 is 1.46 bits per heavy atom. The lowest BCUT2D eigenvalue weighted by atomic mass is 9.88. The molecule has 5 rings (SSSR count). The van der Waals surface area contributed by atoms with Crippen LogP contribution in [0.1, 0.15) is 27.2 Å². The highest BCUT2D eigenvalue weighted by Crippen LogP contribution is 2.40. The first-order valence-electron chi connectivity index (χ1n) is 24.2. The smallest absolute Gasteiger partial charge is 0.397 e. The molecule has 482 valence electrons. The zero-order chi connectivity index (χ0) is 62.6. The van der Waals surface area contributed by atoms with E-state index in [2.05, 4.69) is 28.5 Å². The van der Waals surface area contributed by atoms with Crippen molar-refractivity contribution in [2.75, 3.05) is 33.0 Å². The first kappa shape index (κ1) is 70.4. The lowest BCUT2D eigenvalue weighted by molar-refractivity contribution is -0.388. The summed E-state index contributed by atoms with van der Waals surface area (Å²) in [6, 6.07) is -5.86. The van der Waals surface area contributed by atoms with E-state index in [1.807, 2.05) is 0 Å². The van der Waals surface area contributed by atoms with Gasteiger partial charge < -0.3 is 125 Å². The number of carbonyl (C=O) groups is 4. The molecule has 0 aromatic rings. The summed E-state index contributed by atoms with van der Waals surface area (Å²) < 4.78 is 162. The first-order chi connectivity index (χ1) is 38.3. The molecule has 41 nitrogen and oxygen atoms in total. The fourth-order valence-corrected chi connectivity index (χ4v) is 10.3. The molecule has 44 heteroatoms. The lowest BCUT2D eigenvalue weighted by Gasteiger charge is -2.51. The molecule has 5 saturated heterocycles. The largest absolute Gasteiger partial charge is 0.477 e. The quantitative estimate of drug-likeness (QED) is 0.0377.